The third-order valence-electron chi connectivity index (χ3n) is 3.65. The number of methoxy groups -OCH3 is 1. The summed E-state index contributed by atoms with van der Waals surface area (Å²) in [5.74, 6) is 2.11. The van der Waals surface area contributed by atoms with Crippen molar-refractivity contribution < 1.29 is 14.3 Å². The first-order chi connectivity index (χ1) is 11.3. The van der Waals surface area contributed by atoms with E-state index in [1.807, 2.05) is 21.7 Å². The Morgan fingerprint density at radius 3 is 2.83 bits per heavy atom. The van der Waals surface area contributed by atoms with Crippen LogP contribution >= 0.6 is 11.3 Å². The summed E-state index contributed by atoms with van der Waals surface area (Å²) in [4.78, 5) is 24.4. The highest BCUT2D eigenvalue weighted by Crippen LogP contribution is 2.18. The van der Waals surface area contributed by atoms with Gasteiger partial charge >= 0.3 is 0 Å². The third-order valence-corrected chi connectivity index (χ3v) is 4.31. The summed E-state index contributed by atoms with van der Waals surface area (Å²) < 4.78 is 10.6. The van der Waals surface area contributed by atoms with Crippen LogP contribution in [0.25, 0.3) is 0 Å². The van der Waals surface area contributed by atoms with Gasteiger partial charge in [-0.1, -0.05) is 0 Å². The molecule has 1 fully saturated rings. The fraction of sp³-hybridized carbons (Fsp3) is 0.400. The molecule has 0 bridgehead atoms. The van der Waals surface area contributed by atoms with Gasteiger partial charge in [0.1, 0.15) is 17.9 Å². The first kappa shape index (κ1) is 15.5. The molecule has 0 spiro atoms. The van der Waals surface area contributed by atoms with E-state index in [9.17, 15) is 4.79 Å². The van der Waals surface area contributed by atoms with Crippen LogP contribution in [0.3, 0.4) is 0 Å². The molecule has 0 aliphatic carbocycles. The summed E-state index contributed by atoms with van der Waals surface area (Å²) in [7, 11) is 1.58. The topological polar surface area (TPSA) is 67.8 Å². The number of anilines is 1. The van der Waals surface area contributed by atoms with Gasteiger partial charge in [-0.05, 0) is 11.4 Å². The maximum Gasteiger partial charge on any atom is 0.260 e. The van der Waals surface area contributed by atoms with E-state index < -0.39 is 0 Å². The van der Waals surface area contributed by atoms with Crippen LogP contribution in [0, 0.1) is 0 Å². The van der Waals surface area contributed by atoms with Crippen molar-refractivity contribution >= 4 is 23.1 Å². The number of hydrogen-bond acceptors (Lipinski definition) is 7. The van der Waals surface area contributed by atoms with Crippen molar-refractivity contribution in [2.24, 2.45) is 0 Å². The molecule has 23 heavy (non-hydrogen) atoms. The second kappa shape index (κ2) is 7.28. The maximum absolute atomic E-state index is 12.2. The molecule has 1 amide bonds. The lowest BCUT2D eigenvalue weighted by molar-refractivity contribution is -0.133. The van der Waals surface area contributed by atoms with Crippen molar-refractivity contribution in [2.45, 2.75) is 0 Å². The molecule has 1 aliphatic heterocycles. The van der Waals surface area contributed by atoms with Crippen LogP contribution in [-0.4, -0.2) is 60.7 Å². The van der Waals surface area contributed by atoms with E-state index in [1.54, 1.807) is 24.5 Å². The minimum absolute atomic E-state index is 0.0103. The highest BCUT2D eigenvalue weighted by atomic mass is 32.1. The van der Waals surface area contributed by atoms with Crippen LogP contribution in [0.15, 0.2) is 29.2 Å². The van der Waals surface area contributed by atoms with E-state index in [1.165, 1.54) is 6.33 Å². The van der Waals surface area contributed by atoms with Gasteiger partial charge in [0.25, 0.3) is 5.91 Å². The van der Waals surface area contributed by atoms with Crippen LogP contribution in [0.2, 0.25) is 0 Å². The van der Waals surface area contributed by atoms with E-state index in [0.717, 1.165) is 24.7 Å². The SMILES string of the molecule is COc1cc(N2CCN(C(=O)COc3ccsc3)CC2)ncn1. The van der Waals surface area contributed by atoms with Crippen molar-refractivity contribution in [1.82, 2.24) is 14.9 Å². The Labute approximate surface area is 138 Å². The van der Waals surface area contributed by atoms with Crippen LogP contribution < -0.4 is 14.4 Å². The molecule has 1 saturated heterocycles. The Bertz CT molecular complexity index is 642. The zero-order valence-corrected chi connectivity index (χ0v) is 13.7. The summed E-state index contributed by atoms with van der Waals surface area (Å²) in [5.41, 5.74) is 0. The summed E-state index contributed by atoms with van der Waals surface area (Å²) in [6, 6.07) is 3.66. The van der Waals surface area contributed by atoms with Gasteiger partial charge in [-0.3, -0.25) is 4.79 Å². The zero-order valence-electron chi connectivity index (χ0n) is 12.8. The van der Waals surface area contributed by atoms with Gasteiger partial charge in [0.15, 0.2) is 6.61 Å². The molecule has 7 nitrogen and oxygen atoms in total. The molecule has 0 atom stereocenters. The number of aromatic nitrogens is 2. The molecule has 2 aromatic rings. The van der Waals surface area contributed by atoms with Crippen molar-refractivity contribution in [3.8, 4) is 11.6 Å². The maximum atomic E-state index is 12.2. The molecule has 0 unspecified atom stereocenters. The first-order valence-electron chi connectivity index (χ1n) is 7.30. The molecule has 0 radical (unpaired) electrons. The highest BCUT2D eigenvalue weighted by molar-refractivity contribution is 7.08. The van der Waals surface area contributed by atoms with Crippen LogP contribution in [0.5, 0.6) is 11.6 Å². The molecule has 0 N–H and O–H groups in total. The molecule has 122 valence electrons. The van der Waals surface area contributed by atoms with E-state index in [-0.39, 0.29) is 12.5 Å². The number of carbonyl (C=O) groups is 1. The predicted octanol–water partition coefficient (Wildman–Crippen LogP) is 1.27. The number of thiophene rings is 1. The summed E-state index contributed by atoms with van der Waals surface area (Å²) in [5, 5.41) is 3.81. The minimum Gasteiger partial charge on any atom is -0.483 e. The summed E-state index contributed by atoms with van der Waals surface area (Å²) >= 11 is 1.55. The highest BCUT2D eigenvalue weighted by Gasteiger charge is 2.22. The second-order valence-electron chi connectivity index (χ2n) is 5.03. The van der Waals surface area contributed by atoms with Gasteiger partial charge in [0, 0.05) is 37.6 Å². The Kier molecular flexibility index (Phi) is 4.92. The lowest BCUT2D eigenvalue weighted by atomic mass is 10.3. The smallest absolute Gasteiger partial charge is 0.260 e. The van der Waals surface area contributed by atoms with Gasteiger partial charge in [0.05, 0.1) is 7.11 Å². The zero-order chi connectivity index (χ0) is 16.1. The number of amides is 1. The lowest BCUT2D eigenvalue weighted by Crippen LogP contribution is -2.50. The van der Waals surface area contributed by atoms with E-state index in [0.29, 0.717) is 19.0 Å². The number of piperazine rings is 1. The number of hydrogen-bond donors (Lipinski definition) is 0. The van der Waals surface area contributed by atoms with E-state index in [2.05, 4.69) is 14.9 Å². The van der Waals surface area contributed by atoms with E-state index >= 15 is 0 Å². The molecule has 3 rings (SSSR count). The average molecular weight is 334 g/mol. The first-order valence-corrected chi connectivity index (χ1v) is 8.24. The third kappa shape index (κ3) is 3.89. The normalized spacial score (nSPS) is 14.7. The van der Waals surface area contributed by atoms with Gasteiger partial charge in [-0.2, -0.15) is 0 Å². The Morgan fingerprint density at radius 1 is 1.30 bits per heavy atom. The van der Waals surface area contributed by atoms with Gasteiger partial charge in [-0.15, -0.1) is 11.3 Å². The van der Waals surface area contributed by atoms with Crippen molar-refractivity contribution in [2.75, 3.05) is 44.8 Å². The number of nitrogens with zero attached hydrogens (tertiary/aromatic N) is 4. The Hall–Kier alpha value is -2.35. The Morgan fingerprint density at radius 2 is 2.13 bits per heavy atom. The van der Waals surface area contributed by atoms with Crippen LogP contribution in [-0.2, 0) is 4.79 Å². The van der Waals surface area contributed by atoms with Crippen molar-refractivity contribution in [3.63, 3.8) is 0 Å². The van der Waals surface area contributed by atoms with Gasteiger partial charge in [0.2, 0.25) is 5.88 Å². The fourth-order valence-corrected chi connectivity index (χ4v) is 2.94. The predicted molar refractivity (Wildman–Crippen MR) is 87.2 cm³/mol. The van der Waals surface area contributed by atoms with Crippen LogP contribution in [0.1, 0.15) is 0 Å². The molecular weight excluding hydrogens is 316 g/mol. The van der Waals surface area contributed by atoms with Crippen molar-refractivity contribution in [1.29, 1.82) is 0 Å². The minimum atomic E-state index is 0.0103. The van der Waals surface area contributed by atoms with E-state index in [4.69, 9.17) is 9.47 Å². The molecule has 3 heterocycles. The lowest BCUT2D eigenvalue weighted by Gasteiger charge is -2.35. The average Bonchev–Trinajstić information content (AvgIpc) is 3.13. The fourth-order valence-electron chi connectivity index (χ4n) is 2.37. The van der Waals surface area contributed by atoms with Gasteiger partial charge in [-0.25, -0.2) is 9.97 Å². The van der Waals surface area contributed by atoms with Crippen LogP contribution in [0.4, 0.5) is 5.82 Å². The quantitative estimate of drug-likeness (QED) is 0.820. The molecule has 1 aliphatic rings. The monoisotopic (exact) mass is 334 g/mol. The molecule has 2 aromatic heterocycles. The van der Waals surface area contributed by atoms with Crippen molar-refractivity contribution in [3.05, 3.63) is 29.2 Å². The number of carbonyl (C=O) groups excluding carboxylic acids is 1. The summed E-state index contributed by atoms with van der Waals surface area (Å²) in [6.45, 7) is 2.84. The molecule has 0 aromatic carbocycles. The Balaban J connectivity index is 1.50. The molecule has 0 saturated carbocycles. The second-order valence-corrected chi connectivity index (χ2v) is 5.81. The number of ether oxygens (including phenoxy) is 2. The molecule has 8 heteroatoms. The summed E-state index contributed by atoms with van der Waals surface area (Å²) in [6.07, 6.45) is 1.49. The standard InChI is InChI=1S/C15H18N4O3S/c1-21-14-8-13(16-11-17-14)18-3-5-19(6-4-18)15(20)9-22-12-2-7-23-10-12/h2,7-8,10-11H,3-6,9H2,1H3. The molecular formula is C15H18N4O3S. The van der Waals surface area contributed by atoms with Gasteiger partial charge < -0.3 is 19.3 Å². The number of rotatable bonds is 5. The largest absolute Gasteiger partial charge is 0.483 e.